The van der Waals surface area contributed by atoms with E-state index in [9.17, 15) is 15.0 Å². The third-order valence-corrected chi connectivity index (χ3v) is 2.25. The molecule has 2 atom stereocenters. The first-order chi connectivity index (χ1) is 8.42. The molecule has 0 aliphatic carbocycles. The van der Waals surface area contributed by atoms with E-state index in [4.69, 9.17) is 10.2 Å². The van der Waals surface area contributed by atoms with E-state index >= 15 is 0 Å². The van der Waals surface area contributed by atoms with Crippen molar-refractivity contribution in [2.75, 3.05) is 39.4 Å². The zero-order chi connectivity index (χ0) is 14.1. The number of hydrogen-bond donors (Lipinski definition) is 4. The number of nitrogens with zero attached hydrogens (tertiary/aromatic N) is 2. The Kier molecular flexibility index (Phi) is 8.65. The van der Waals surface area contributed by atoms with Crippen molar-refractivity contribution in [2.45, 2.75) is 26.1 Å². The second-order valence-corrected chi connectivity index (χ2v) is 4.32. The summed E-state index contributed by atoms with van der Waals surface area (Å²) < 4.78 is 0. The number of rotatable bonds is 8. The lowest BCUT2D eigenvalue weighted by Crippen LogP contribution is -2.49. The molecule has 108 valence electrons. The summed E-state index contributed by atoms with van der Waals surface area (Å²) in [6.07, 6.45) is -1.41. The Balaban J connectivity index is 4.64. The van der Waals surface area contributed by atoms with Crippen molar-refractivity contribution in [2.24, 2.45) is 0 Å². The summed E-state index contributed by atoms with van der Waals surface area (Å²) in [5.74, 6) is 0. The smallest absolute Gasteiger partial charge is 0.320 e. The van der Waals surface area contributed by atoms with Gasteiger partial charge in [0, 0.05) is 26.2 Å². The molecular weight excluding hydrogens is 240 g/mol. The van der Waals surface area contributed by atoms with Crippen LogP contribution in [0.15, 0.2) is 0 Å². The molecule has 0 aliphatic heterocycles. The average molecular weight is 264 g/mol. The van der Waals surface area contributed by atoms with Gasteiger partial charge in [-0.15, -0.1) is 0 Å². The number of aliphatic hydroxyl groups excluding tert-OH is 4. The van der Waals surface area contributed by atoms with E-state index in [1.54, 1.807) is 13.8 Å². The summed E-state index contributed by atoms with van der Waals surface area (Å²) >= 11 is 0. The molecule has 0 spiro atoms. The number of carbonyl (C=O) groups is 1. The van der Waals surface area contributed by atoms with Gasteiger partial charge in [-0.1, -0.05) is 0 Å². The molecule has 0 radical (unpaired) electrons. The van der Waals surface area contributed by atoms with Crippen LogP contribution in [-0.2, 0) is 0 Å². The monoisotopic (exact) mass is 264 g/mol. The molecule has 0 saturated heterocycles. The van der Waals surface area contributed by atoms with Gasteiger partial charge in [0.25, 0.3) is 0 Å². The lowest BCUT2D eigenvalue weighted by atomic mass is 10.3. The van der Waals surface area contributed by atoms with E-state index in [-0.39, 0.29) is 39.4 Å². The highest BCUT2D eigenvalue weighted by Crippen LogP contribution is 2.02. The Morgan fingerprint density at radius 1 is 0.944 bits per heavy atom. The van der Waals surface area contributed by atoms with Crippen LogP contribution in [0.5, 0.6) is 0 Å². The standard InChI is InChI=1S/C11H24N2O5/c1-9(16)7-12(3-5-14)11(18)13(4-6-15)8-10(2)17/h9-10,14-17H,3-8H2,1-2H3. The number of amides is 2. The molecule has 18 heavy (non-hydrogen) atoms. The van der Waals surface area contributed by atoms with Crippen molar-refractivity contribution in [1.29, 1.82) is 0 Å². The fourth-order valence-electron chi connectivity index (χ4n) is 1.61. The fourth-order valence-corrected chi connectivity index (χ4v) is 1.61. The summed E-state index contributed by atoms with van der Waals surface area (Å²) in [5.41, 5.74) is 0. The van der Waals surface area contributed by atoms with Crippen molar-refractivity contribution in [3.63, 3.8) is 0 Å². The number of aliphatic hydroxyl groups is 4. The fraction of sp³-hybridized carbons (Fsp3) is 0.909. The highest BCUT2D eigenvalue weighted by molar-refractivity contribution is 5.74. The summed E-state index contributed by atoms with van der Waals surface area (Å²) in [6.45, 7) is 3.07. The van der Waals surface area contributed by atoms with Crippen LogP contribution in [0.1, 0.15) is 13.8 Å². The minimum absolute atomic E-state index is 0.0983. The van der Waals surface area contributed by atoms with Crippen LogP contribution in [0, 0.1) is 0 Å². The van der Waals surface area contributed by atoms with Gasteiger partial charge < -0.3 is 30.2 Å². The summed E-state index contributed by atoms with van der Waals surface area (Å²) in [6, 6.07) is -0.417. The normalized spacial score (nSPS) is 14.1. The van der Waals surface area contributed by atoms with Crippen molar-refractivity contribution in [3.8, 4) is 0 Å². The second kappa shape index (κ2) is 9.09. The third kappa shape index (κ3) is 6.75. The summed E-state index contributed by atoms with van der Waals surface area (Å²) in [5, 5.41) is 36.4. The van der Waals surface area contributed by atoms with Gasteiger partial charge in [-0.2, -0.15) is 0 Å². The molecule has 0 fully saturated rings. The third-order valence-electron chi connectivity index (χ3n) is 2.25. The van der Waals surface area contributed by atoms with Gasteiger partial charge >= 0.3 is 6.03 Å². The molecule has 0 aliphatic rings. The molecule has 2 amide bonds. The molecule has 7 nitrogen and oxygen atoms in total. The molecular formula is C11H24N2O5. The Morgan fingerprint density at radius 2 is 1.28 bits per heavy atom. The lowest BCUT2D eigenvalue weighted by Gasteiger charge is -2.31. The van der Waals surface area contributed by atoms with Crippen LogP contribution >= 0.6 is 0 Å². The first kappa shape index (κ1) is 17.1. The quantitative estimate of drug-likeness (QED) is 0.425. The van der Waals surface area contributed by atoms with Crippen LogP contribution in [0.4, 0.5) is 4.79 Å². The molecule has 0 bridgehead atoms. The Bertz CT molecular complexity index is 213. The predicted molar refractivity (Wildman–Crippen MR) is 66.1 cm³/mol. The summed E-state index contributed by atoms with van der Waals surface area (Å²) in [4.78, 5) is 14.7. The Morgan fingerprint density at radius 3 is 1.50 bits per heavy atom. The van der Waals surface area contributed by atoms with Gasteiger partial charge in [-0.3, -0.25) is 0 Å². The van der Waals surface area contributed by atoms with Crippen LogP contribution in [0.3, 0.4) is 0 Å². The number of hydrogen-bond acceptors (Lipinski definition) is 5. The van der Waals surface area contributed by atoms with Crippen LogP contribution in [0.25, 0.3) is 0 Å². The van der Waals surface area contributed by atoms with Crippen molar-refractivity contribution in [1.82, 2.24) is 9.80 Å². The minimum atomic E-state index is -0.706. The van der Waals surface area contributed by atoms with E-state index in [1.165, 1.54) is 9.80 Å². The SMILES string of the molecule is CC(O)CN(CCO)C(=O)N(CCO)CC(C)O. The molecule has 0 aromatic carbocycles. The maximum absolute atomic E-state index is 12.1. The van der Waals surface area contributed by atoms with Crippen LogP contribution < -0.4 is 0 Å². The molecule has 4 N–H and O–H groups in total. The van der Waals surface area contributed by atoms with Gasteiger partial charge in [0.2, 0.25) is 0 Å². The largest absolute Gasteiger partial charge is 0.395 e. The number of urea groups is 1. The van der Waals surface area contributed by atoms with Crippen LogP contribution in [0.2, 0.25) is 0 Å². The second-order valence-electron chi connectivity index (χ2n) is 4.32. The van der Waals surface area contributed by atoms with E-state index in [1.807, 2.05) is 0 Å². The van der Waals surface area contributed by atoms with E-state index in [0.717, 1.165) is 0 Å². The molecule has 0 heterocycles. The lowest BCUT2D eigenvalue weighted by molar-refractivity contribution is 0.0787. The number of carbonyl (C=O) groups excluding carboxylic acids is 1. The molecule has 0 aromatic heterocycles. The first-order valence-corrected chi connectivity index (χ1v) is 6.04. The topological polar surface area (TPSA) is 104 Å². The molecule has 0 rings (SSSR count). The molecule has 2 unspecified atom stereocenters. The Hall–Kier alpha value is -0.890. The van der Waals surface area contributed by atoms with E-state index in [2.05, 4.69) is 0 Å². The van der Waals surface area contributed by atoms with Crippen molar-refractivity contribution >= 4 is 6.03 Å². The molecule has 0 aromatic rings. The van der Waals surface area contributed by atoms with Gasteiger partial charge in [0.05, 0.1) is 25.4 Å². The van der Waals surface area contributed by atoms with Crippen LogP contribution in [-0.4, -0.2) is 87.9 Å². The van der Waals surface area contributed by atoms with Gasteiger partial charge in [0.1, 0.15) is 0 Å². The highest BCUT2D eigenvalue weighted by atomic mass is 16.3. The summed E-state index contributed by atoms with van der Waals surface area (Å²) in [7, 11) is 0. The zero-order valence-electron chi connectivity index (χ0n) is 11.0. The van der Waals surface area contributed by atoms with Crippen molar-refractivity contribution < 1.29 is 25.2 Å². The van der Waals surface area contributed by atoms with Crippen molar-refractivity contribution in [3.05, 3.63) is 0 Å². The average Bonchev–Trinajstić information content (AvgIpc) is 2.26. The highest BCUT2D eigenvalue weighted by Gasteiger charge is 2.22. The minimum Gasteiger partial charge on any atom is -0.395 e. The molecule has 0 saturated carbocycles. The Labute approximate surface area is 107 Å². The molecule has 7 heteroatoms. The van der Waals surface area contributed by atoms with E-state index < -0.39 is 18.2 Å². The van der Waals surface area contributed by atoms with Gasteiger partial charge in [-0.05, 0) is 13.8 Å². The van der Waals surface area contributed by atoms with Gasteiger partial charge in [-0.25, -0.2) is 4.79 Å². The predicted octanol–water partition coefficient (Wildman–Crippen LogP) is -1.54. The maximum atomic E-state index is 12.1. The maximum Gasteiger partial charge on any atom is 0.320 e. The zero-order valence-corrected chi connectivity index (χ0v) is 11.0. The van der Waals surface area contributed by atoms with E-state index in [0.29, 0.717) is 0 Å². The van der Waals surface area contributed by atoms with Gasteiger partial charge in [0.15, 0.2) is 0 Å². The first-order valence-electron chi connectivity index (χ1n) is 6.04.